The molecule has 152 valence electrons. The first kappa shape index (κ1) is 21.0. The maximum Gasteiger partial charge on any atom is 0.241 e. The molecule has 0 bridgehead atoms. The molecule has 1 atom stereocenters. The molecular formula is C22H30N2O3S. The first-order chi connectivity index (χ1) is 13.5. The zero-order valence-electron chi connectivity index (χ0n) is 16.5. The fourth-order valence-electron chi connectivity index (χ4n) is 3.88. The molecule has 0 saturated carbocycles. The summed E-state index contributed by atoms with van der Waals surface area (Å²) in [4.78, 5) is 2.68. The number of sulfonamides is 1. The highest BCUT2D eigenvalue weighted by Crippen LogP contribution is 2.28. The van der Waals surface area contributed by atoms with Crippen LogP contribution in [0.5, 0.6) is 0 Å². The Morgan fingerprint density at radius 2 is 1.75 bits per heavy atom. The Morgan fingerprint density at radius 1 is 1.07 bits per heavy atom. The van der Waals surface area contributed by atoms with E-state index in [1.807, 2.05) is 12.1 Å². The van der Waals surface area contributed by atoms with E-state index in [0.29, 0.717) is 17.9 Å². The molecule has 6 heteroatoms. The summed E-state index contributed by atoms with van der Waals surface area (Å²) in [5.41, 5.74) is 0.870. The van der Waals surface area contributed by atoms with E-state index in [9.17, 15) is 8.42 Å². The molecule has 1 heterocycles. The molecule has 0 radical (unpaired) electrons. The second-order valence-corrected chi connectivity index (χ2v) is 9.24. The van der Waals surface area contributed by atoms with Crippen molar-refractivity contribution < 1.29 is 13.2 Å². The van der Waals surface area contributed by atoms with Crippen LogP contribution in [-0.4, -0.2) is 52.2 Å². The second-order valence-electron chi connectivity index (χ2n) is 7.56. The van der Waals surface area contributed by atoms with Crippen LogP contribution in [0.1, 0.15) is 24.8 Å². The highest BCUT2D eigenvalue weighted by Gasteiger charge is 2.41. The topological polar surface area (TPSA) is 58.6 Å². The molecule has 28 heavy (non-hydrogen) atoms. The lowest BCUT2D eigenvalue weighted by Gasteiger charge is -2.30. The summed E-state index contributed by atoms with van der Waals surface area (Å²) in [5, 5.41) is 0. The number of nitrogens with zero attached hydrogens (tertiary/aromatic N) is 1. The summed E-state index contributed by atoms with van der Waals surface area (Å²) in [7, 11) is -1.89. The van der Waals surface area contributed by atoms with Crippen LogP contribution >= 0.6 is 0 Å². The van der Waals surface area contributed by atoms with Crippen LogP contribution in [-0.2, 0) is 21.2 Å². The Labute approximate surface area is 168 Å². The van der Waals surface area contributed by atoms with Crippen molar-refractivity contribution in [3.05, 3.63) is 66.2 Å². The van der Waals surface area contributed by atoms with E-state index in [-0.39, 0.29) is 0 Å². The summed E-state index contributed by atoms with van der Waals surface area (Å²) in [6, 6.07) is 19.1. The van der Waals surface area contributed by atoms with E-state index in [1.54, 1.807) is 31.4 Å². The molecule has 0 amide bonds. The third kappa shape index (κ3) is 5.64. The van der Waals surface area contributed by atoms with Gasteiger partial charge in [-0.1, -0.05) is 48.5 Å². The van der Waals surface area contributed by atoms with Gasteiger partial charge in [-0.15, -0.1) is 0 Å². The van der Waals surface area contributed by atoms with Crippen LogP contribution < -0.4 is 4.72 Å². The Morgan fingerprint density at radius 3 is 2.43 bits per heavy atom. The first-order valence-corrected chi connectivity index (χ1v) is 11.4. The number of benzene rings is 2. The summed E-state index contributed by atoms with van der Waals surface area (Å²) in [6.45, 7) is 3.12. The van der Waals surface area contributed by atoms with Crippen molar-refractivity contribution >= 4 is 10.0 Å². The average molecular weight is 403 g/mol. The SMILES string of the molecule is COCCC1(NS(=O)(=O)c2ccccc2)CCN(CCCc2ccccc2)C1. The second kappa shape index (κ2) is 9.65. The molecule has 1 saturated heterocycles. The fourth-order valence-corrected chi connectivity index (χ4v) is 5.35. The lowest BCUT2D eigenvalue weighted by molar-refractivity contribution is 0.162. The number of nitrogens with one attached hydrogen (secondary N) is 1. The molecule has 3 rings (SSSR count). The number of hydrogen-bond acceptors (Lipinski definition) is 4. The minimum absolute atomic E-state index is 0.314. The Bertz CT molecular complexity index is 827. The highest BCUT2D eigenvalue weighted by molar-refractivity contribution is 7.89. The Balaban J connectivity index is 1.62. The van der Waals surface area contributed by atoms with Crippen molar-refractivity contribution in [1.82, 2.24) is 9.62 Å². The Kier molecular flexibility index (Phi) is 7.24. The minimum atomic E-state index is -3.55. The number of methoxy groups -OCH3 is 1. The van der Waals surface area contributed by atoms with Gasteiger partial charge in [0.05, 0.1) is 4.90 Å². The molecule has 0 aliphatic carbocycles. The lowest BCUT2D eigenvalue weighted by Crippen LogP contribution is -2.51. The van der Waals surface area contributed by atoms with E-state index in [1.165, 1.54) is 5.56 Å². The van der Waals surface area contributed by atoms with Gasteiger partial charge in [0.15, 0.2) is 0 Å². The third-order valence-corrected chi connectivity index (χ3v) is 7.00. The monoisotopic (exact) mass is 402 g/mol. The van der Waals surface area contributed by atoms with Gasteiger partial charge >= 0.3 is 0 Å². The van der Waals surface area contributed by atoms with Crippen molar-refractivity contribution in [2.45, 2.75) is 36.1 Å². The predicted molar refractivity (Wildman–Crippen MR) is 112 cm³/mol. The fraction of sp³-hybridized carbons (Fsp3) is 0.455. The molecule has 2 aromatic rings. The largest absolute Gasteiger partial charge is 0.385 e. The number of hydrogen-bond donors (Lipinski definition) is 1. The normalized spacial score (nSPS) is 20.5. The van der Waals surface area contributed by atoms with Crippen LogP contribution in [0.3, 0.4) is 0 Å². The maximum absolute atomic E-state index is 12.9. The summed E-state index contributed by atoms with van der Waals surface area (Å²) in [6.07, 6.45) is 3.58. The van der Waals surface area contributed by atoms with Crippen LogP contribution in [0.25, 0.3) is 0 Å². The quantitative estimate of drug-likeness (QED) is 0.664. The van der Waals surface area contributed by atoms with Gasteiger partial charge in [-0.3, -0.25) is 0 Å². The van der Waals surface area contributed by atoms with E-state index >= 15 is 0 Å². The number of aryl methyl sites for hydroxylation is 1. The molecule has 1 N–H and O–H groups in total. The number of ether oxygens (including phenoxy) is 1. The van der Waals surface area contributed by atoms with Gasteiger partial charge in [0.2, 0.25) is 10.0 Å². The van der Waals surface area contributed by atoms with Crippen molar-refractivity contribution in [3.8, 4) is 0 Å². The molecular weight excluding hydrogens is 372 g/mol. The molecule has 1 aliphatic heterocycles. The van der Waals surface area contributed by atoms with E-state index in [0.717, 1.165) is 38.9 Å². The molecule has 0 spiro atoms. The molecule has 2 aromatic carbocycles. The van der Waals surface area contributed by atoms with Crippen molar-refractivity contribution in [1.29, 1.82) is 0 Å². The van der Waals surface area contributed by atoms with E-state index in [4.69, 9.17) is 4.74 Å². The minimum Gasteiger partial charge on any atom is -0.385 e. The standard InChI is InChI=1S/C22H30N2O3S/c1-27-18-15-22(23-28(25,26)21-12-6-3-7-13-21)14-17-24(19-22)16-8-11-20-9-4-2-5-10-20/h2-7,9-10,12-13,23H,8,11,14-19H2,1H3. The van der Waals surface area contributed by atoms with Gasteiger partial charge < -0.3 is 9.64 Å². The smallest absolute Gasteiger partial charge is 0.241 e. The lowest BCUT2D eigenvalue weighted by atomic mass is 9.96. The van der Waals surface area contributed by atoms with Crippen molar-refractivity contribution in [2.75, 3.05) is 33.4 Å². The Hall–Kier alpha value is -1.73. The van der Waals surface area contributed by atoms with Gasteiger partial charge in [0.1, 0.15) is 0 Å². The zero-order valence-corrected chi connectivity index (χ0v) is 17.3. The molecule has 0 aromatic heterocycles. The van der Waals surface area contributed by atoms with Crippen LogP contribution in [0.4, 0.5) is 0 Å². The van der Waals surface area contributed by atoms with Gasteiger partial charge in [-0.25, -0.2) is 13.1 Å². The molecule has 5 nitrogen and oxygen atoms in total. The van der Waals surface area contributed by atoms with Gasteiger partial charge in [-0.05, 0) is 49.9 Å². The first-order valence-electron chi connectivity index (χ1n) is 9.87. The zero-order chi connectivity index (χ0) is 19.9. The maximum atomic E-state index is 12.9. The van der Waals surface area contributed by atoms with Crippen molar-refractivity contribution in [3.63, 3.8) is 0 Å². The number of likely N-dealkylation sites (tertiary alicyclic amines) is 1. The van der Waals surface area contributed by atoms with Gasteiger partial charge in [0.25, 0.3) is 0 Å². The average Bonchev–Trinajstić information content (AvgIpc) is 3.10. The van der Waals surface area contributed by atoms with Crippen LogP contribution in [0.15, 0.2) is 65.6 Å². The predicted octanol–water partition coefficient (Wildman–Crippen LogP) is 3.08. The molecule has 1 fully saturated rings. The van der Waals surface area contributed by atoms with Crippen LogP contribution in [0, 0.1) is 0 Å². The van der Waals surface area contributed by atoms with Crippen molar-refractivity contribution in [2.24, 2.45) is 0 Å². The van der Waals surface area contributed by atoms with E-state index in [2.05, 4.69) is 33.9 Å². The molecule has 1 unspecified atom stereocenters. The summed E-state index contributed by atoms with van der Waals surface area (Å²) in [5.74, 6) is 0. The third-order valence-electron chi connectivity index (χ3n) is 5.40. The van der Waals surface area contributed by atoms with Crippen LogP contribution in [0.2, 0.25) is 0 Å². The molecule has 1 aliphatic rings. The van der Waals surface area contributed by atoms with E-state index < -0.39 is 15.6 Å². The highest BCUT2D eigenvalue weighted by atomic mass is 32.2. The number of rotatable bonds is 10. The van der Waals surface area contributed by atoms with Gasteiger partial charge in [0, 0.05) is 32.3 Å². The summed E-state index contributed by atoms with van der Waals surface area (Å²) < 4.78 is 34.1. The summed E-state index contributed by atoms with van der Waals surface area (Å²) >= 11 is 0. The van der Waals surface area contributed by atoms with Gasteiger partial charge in [-0.2, -0.15) is 0 Å².